The molecule has 0 saturated carbocycles. The Bertz CT molecular complexity index is 948. The Balaban J connectivity index is 1.52. The smallest absolute Gasteiger partial charge is 0.338 e. The molecule has 1 N–H and O–H groups in total. The highest BCUT2D eigenvalue weighted by Crippen LogP contribution is 2.11. The number of benzene rings is 2. The van der Waals surface area contributed by atoms with Gasteiger partial charge in [0.15, 0.2) is 12.4 Å². The van der Waals surface area contributed by atoms with Gasteiger partial charge in [-0.05, 0) is 55.5 Å². The Hall–Kier alpha value is -3.81. The third kappa shape index (κ3) is 4.63. The van der Waals surface area contributed by atoms with Crippen molar-refractivity contribution < 1.29 is 19.1 Å². The van der Waals surface area contributed by atoms with Crippen molar-refractivity contribution in [1.82, 2.24) is 14.8 Å². The summed E-state index contributed by atoms with van der Waals surface area (Å²) in [6, 6.07) is 13.0. The van der Waals surface area contributed by atoms with Gasteiger partial charge in [-0.3, -0.25) is 9.59 Å². The van der Waals surface area contributed by atoms with Crippen molar-refractivity contribution in [3.05, 3.63) is 72.3 Å². The van der Waals surface area contributed by atoms with Crippen LogP contribution in [0.2, 0.25) is 0 Å². The van der Waals surface area contributed by atoms with Crippen LogP contribution in [0.25, 0.3) is 5.69 Å². The van der Waals surface area contributed by atoms with E-state index < -0.39 is 18.5 Å². The Morgan fingerprint density at radius 1 is 1.00 bits per heavy atom. The summed E-state index contributed by atoms with van der Waals surface area (Å²) in [6.07, 6.45) is 2.95. The Kier molecular flexibility index (Phi) is 5.36. The van der Waals surface area contributed by atoms with Gasteiger partial charge in [0.1, 0.15) is 12.7 Å². The first-order chi connectivity index (χ1) is 13.0. The van der Waals surface area contributed by atoms with E-state index in [1.165, 1.54) is 13.3 Å². The zero-order chi connectivity index (χ0) is 19.2. The third-order valence-electron chi connectivity index (χ3n) is 3.70. The maximum Gasteiger partial charge on any atom is 0.338 e. The van der Waals surface area contributed by atoms with Gasteiger partial charge in [-0.25, -0.2) is 14.5 Å². The molecule has 0 spiro atoms. The van der Waals surface area contributed by atoms with Crippen molar-refractivity contribution in [3.8, 4) is 5.69 Å². The molecule has 0 unspecified atom stereocenters. The zero-order valence-corrected chi connectivity index (χ0v) is 14.5. The van der Waals surface area contributed by atoms with Crippen LogP contribution in [0, 0.1) is 0 Å². The molecule has 0 aliphatic heterocycles. The first-order valence-corrected chi connectivity index (χ1v) is 8.06. The minimum absolute atomic E-state index is 0.0587. The van der Waals surface area contributed by atoms with Crippen LogP contribution in [0.15, 0.2) is 61.2 Å². The number of esters is 1. The van der Waals surface area contributed by atoms with E-state index in [2.05, 4.69) is 15.4 Å². The quantitative estimate of drug-likeness (QED) is 0.532. The topological polar surface area (TPSA) is 103 Å². The molecule has 8 heteroatoms. The summed E-state index contributed by atoms with van der Waals surface area (Å²) in [7, 11) is 0. The molecule has 0 atom stereocenters. The molecule has 0 saturated heterocycles. The predicted octanol–water partition coefficient (Wildman–Crippen LogP) is 2.27. The van der Waals surface area contributed by atoms with Crippen LogP contribution in [0.4, 0.5) is 5.69 Å². The van der Waals surface area contributed by atoms with E-state index >= 15 is 0 Å². The molecular weight excluding hydrogens is 348 g/mol. The van der Waals surface area contributed by atoms with Crippen LogP contribution in [-0.4, -0.2) is 39.0 Å². The maximum absolute atomic E-state index is 12.0. The highest BCUT2D eigenvalue weighted by atomic mass is 16.5. The number of aromatic nitrogens is 3. The highest BCUT2D eigenvalue weighted by Gasteiger charge is 2.11. The van der Waals surface area contributed by atoms with Gasteiger partial charge >= 0.3 is 5.97 Å². The molecule has 0 radical (unpaired) electrons. The molecule has 0 aliphatic rings. The lowest BCUT2D eigenvalue weighted by atomic mass is 10.1. The number of anilines is 1. The number of nitrogens with one attached hydrogen (secondary N) is 1. The normalized spacial score (nSPS) is 10.3. The van der Waals surface area contributed by atoms with Gasteiger partial charge in [0.05, 0.1) is 11.3 Å². The number of carbonyl (C=O) groups is 3. The molecule has 3 rings (SSSR count). The number of hydrogen-bond donors (Lipinski definition) is 1. The van der Waals surface area contributed by atoms with Gasteiger partial charge in [0.25, 0.3) is 5.91 Å². The standard InChI is InChI=1S/C19H16N4O4/c1-13(24)14-2-6-16(7-3-14)22-18(25)10-27-19(26)15-4-8-17(9-5-15)23-12-20-11-21-23/h2-9,11-12H,10H2,1H3,(H,22,25). The van der Waals surface area contributed by atoms with Crippen LogP contribution in [-0.2, 0) is 9.53 Å². The van der Waals surface area contributed by atoms with E-state index in [4.69, 9.17) is 4.74 Å². The van der Waals surface area contributed by atoms with Crippen LogP contribution >= 0.6 is 0 Å². The molecule has 1 amide bonds. The Morgan fingerprint density at radius 3 is 2.26 bits per heavy atom. The summed E-state index contributed by atoms with van der Waals surface area (Å²) in [4.78, 5) is 39.0. The monoisotopic (exact) mass is 364 g/mol. The lowest BCUT2D eigenvalue weighted by molar-refractivity contribution is -0.119. The average Bonchev–Trinajstić information content (AvgIpc) is 3.21. The highest BCUT2D eigenvalue weighted by molar-refractivity contribution is 5.97. The number of carbonyl (C=O) groups excluding carboxylic acids is 3. The van der Waals surface area contributed by atoms with E-state index in [0.29, 0.717) is 16.8 Å². The van der Waals surface area contributed by atoms with E-state index in [-0.39, 0.29) is 5.78 Å². The lowest BCUT2D eigenvalue weighted by Gasteiger charge is -2.07. The van der Waals surface area contributed by atoms with E-state index in [0.717, 1.165) is 5.69 Å². The van der Waals surface area contributed by atoms with Crippen molar-refractivity contribution in [2.45, 2.75) is 6.92 Å². The number of hydrogen-bond acceptors (Lipinski definition) is 6. The summed E-state index contributed by atoms with van der Waals surface area (Å²) in [5.74, 6) is -1.14. The van der Waals surface area contributed by atoms with Gasteiger partial charge in [-0.1, -0.05) is 0 Å². The second-order valence-corrected chi connectivity index (χ2v) is 5.64. The summed E-state index contributed by atoms with van der Waals surface area (Å²) < 4.78 is 6.57. The van der Waals surface area contributed by atoms with Gasteiger partial charge in [-0.15, -0.1) is 0 Å². The lowest BCUT2D eigenvalue weighted by Crippen LogP contribution is -2.21. The average molecular weight is 364 g/mol. The fraction of sp³-hybridized carbons (Fsp3) is 0.105. The molecule has 136 valence electrons. The van der Waals surface area contributed by atoms with Crippen LogP contribution in [0.5, 0.6) is 0 Å². The number of nitrogens with zero attached hydrogens (tertiary/aromatic N) is 3. The number of ketones is 1. The minimum Gasteiger partial charge on any atom is -0.452 e. The summed E-state index contributed by atoms with van der Waals surface area (Å²) in [6.45, 7) is 1.05. The van der Waals surface area contributed by atoms with Crippen molar-refractivity contribution in [2.24, 2.45) is 0 Å². The SMILES string of the molecule is CC(=O)c1ccc(NC(=O)COC(=O)c2ccc(-n3cncn3)cc2)cc1. The Morgan fingerprint density at radius 2 is 1.67 bits per heavy atom. The summed E-state index contributed by atoms with van der Waals surface area (Å²) in [5.41, 5.74) is 2.13. The molecule has 0 aliphatic carbocycles. The molecular formula is C19H16N4O4. The van der Waals surface area contributed by atoms with Gasteiger partial charge in [-0.2, -0.15) is 5.10 Å². The summed E-state index contributed by atoms with van der Waals surface area (Å²) >= 11 is 0. The van der Waals surface area contributed by atoms with Gasteiger partial charge < -0.3 is 10.1 Å². The minimum atomic E-state index is -0.609. The second-order valence-electron chi connectivity index (χ2n) is 5.64. The molecule has 1 heterocycles. The van der Waals surface area contributed by atoms with Crippen molar-refractivity contribution in [3.63, 3.8) is 0 Å². The fourth-order valence-electron chi connectivity index (χ4n) is 2.29. The van der Waals surface area contributed by atoms with E-state index in [9.17, 15) is 14.4 Å². The van der Waals surface area contributed by atoms with Gasteiger partial charge in [0, 0.05) is 11.3 Å². The van der Waals surface area contributed by atoms with E-state index in [1.54, 1.807) is 59.5 Å². The summed E-state index contributed by atoms with van der Waals surface area (Å²) in [5, 5.41) is 6.59. The third-order valence-corrected chi connectivity index (χ3v) is 3.70. The molecule has 8 nitrogen and oxygen atoms in total. The largest absolute Gasteiger partial charge is 0.452 e. The first kappa shape index (κ1) is 18.0. The van der Waals surface area contributed by atoms with Crippen LogP contribution in [0.1, 0.15) is 27.6 Å². The maximum atomic E-state index is 12.0. The molecule has 0 fully saturated rings. The zero-order valence-electron chi connectivity index (χ0n) is 14.5. The molecule has 0 bridgehead atoms. The first-order valence-electron chi connectivity index (χ1n) is 8.06. The van der Waals surface area contributed by atoms with E-state index in [1.807, 2.05) is 0 Å². The van der Waals surface area contributed by atoms with Crippen LogP contribution in [0.3, 0.4) is 0 Å². The predicted molar refractivity (Wildman–Crippen MR) is 96.7 cm³/mol. The van der Waals surface area contributed by atoms with Crippen LogP contribution < -0.4 is 5.32 Å². The van der Waals surface area contributed by atoms with Crippen molar-refractivity contribution >= 4 is 23.3 Å². The molecule has 3 aromatic rings. The molecule has 27 heavy (non-hydrogen) atoms. The fourth-order valence-corrected chi connectivity index (χ4v) is 2.29. The number of rotatable bonds is 6. The van der Waals surface area contributed by atoms with Crippen molar-refractivity contribution in [1.29, 1.82) is 0 Å². The van der Waals surface area contributed by atoms with Crippen molar-refractivity contribution in [2.75, 3.05) is 11.9 Å². The number of Topliss-reactive ketones (excluding diaryl/α,β-unsaturated/α-hetero) is 1. The Labute approximate surface area is 154 Å². The number of ether oxygens (including phenoxy) is 1. The number of amides is 1. The molecule has 1 aromatic heterocycles. The second kappa shape index (κ2) is 8.05. The molecule has 2 aromatic carbocycles. The van der Waals surface area contributed by atoms with Gasteiger partial charge in [0.2, 0.25) is 0 Å².